The first-order chi connectivity index (χ1) is 13.9. The molecule has 0 bridgehead atoms. The highest BCUT2D eigenvalue weighted by Gasteiger charge is 2.31. The quantitative estimate of drug-likeness (QED) is 0.489. The van der Waals surface area contributed by atoms with Crippen molar-refractivity contribution in [2.24, 2.45) is 0 Å². The van der Waals surface area contributed by atoms with Crippen LogP contribution < -0.4 is 4.74 Å². The van der Waals surface area contributed by atoms with Crippen LogP contribution in [0.3, 0.4) is 0 Å². The number of nitrogens with zero attached hydrogens (tertiary/aromatic N) is 2. The van der Waals surface area contributed by atoms with Gasteiger partial charge in [-0.2, -0.15) is 4.98 Å². The molecule has 0 unspecified atom stereocenters. The van der Waals surface area contributed by atoms with Crippen molar-refractivity contribution in [3.63, 3.8) is 0 Å². The highest BCUT2D eigenvalue weighted by Crippen LogP contribution is 2.34. The number of benzene rings is 2. The molecule has 0 atom stereocenters. The smallest absolute Gasteiger partial charge is 0.406 e. The van der Waals surface area contributed by atoms with Crippen molar-refractivity contribution >= 4 is 10.9 Å². The molecule has 0 fully saturated rings. The highest BCUT2D eigenvalue weighted by atomic mass is 19.4. The first kappa shape index (κ1) is 17.8. The molecule has 29 heavy (non-hydrogen) atoms. The van der Waals surface area contributed by atoms with Gasteiger partial charge in [-0.25, -0.2) is 0 Å². The molecule has 2 heterocycles. The molecule has 2 aromatic heterocycles. The molecule has 5 nitrogen and oxygen atoms in total. The zero-order valence-electron chi connectivity index (χ0n) is 15.3. The summed E-state index contributed by atoms with van der Waals surface area (Å²) in [6.45, 7) is 1.66. The Bertz CT molecular complexity index is 1220. The van der Waals surface area contributed by atoms with Crippen molar-refractivity contribution in [3.05, 3.63) is 59.6 Å². The molecule has 0 spiro atoms. The van der Waals surface area contributed by atoms with Gasteiger partial charge in [0, 0.05) is 34.1 Å². The molecule has 1 N–H and O–H groups in total. The molecule has 4 aromatic rings. The fourth-order valence-corrected chi connectivity index (χ4v) is 3.74. The largest absolute Gasteiger partial charge is 0.573 e. The summed E-state index contributed by atoms with van der Waals surface area (Å²) in [4.78, 5) is 7.84. The van der Waals surface area contributed by atoms with Crippen LogP contribution in [0.15, 0.2) is 40.9 Å². The second-order valence-corrected chi connectivity index (χ2v) is 6.97. The number of aromatic amines is 1. The third-order valence-electron chi connectivity index (χ3n) is 5.03. The van der Waals surface area contributed by atoms with Gasteiger partial charge in [0.2, 0.25) is 5.82 Å². The van der Waals surface area contributed by atoms with Crippen molar-refractivity contribution in [2.75, 3.05) is 0 Å². The average Bonchev–Trinajstić information content (AvgIpc) is 3.36. The van der Waals surface area contributed by atoms with Crippen molar-refractivity contribution < 1.29 is 22.4 Å². The van der Waals surface area contributed by atoms with Gasteiger partial charge >= 0.3 is 6.36 Å². The SMILES string of the molecule is Cc1cc(OC(F)(F)F)ccc1-c1nc(-c2ccc3[nH]c4c(c3c2)CC[CH]4)no1. The number of halogens is 3. The van der Waals surface area contributed by atoms with E-state index in [1.165, 1.54) is 29.5 Å². The number of rotatable bonds is 3. The van der Waals surface area contributed by atoms with Gasteiger partial charge in [-0.15, -0.1) is 13.2 Å². The standard InChI is InChI=1S/C21H15F3N3O2/c1-11-9-13(28-21(22,23)24)6-7-14(11)20-26-19(27-29-20)12-5-8-18-16(10-12)15-3-2-4-17(15)25-18/h4-10,25H,2-3H2,1H3. The summed E-state index contributed by atoms with van der Waals surface area (Å²) in [6.07, 6.45) is -0.514. The summed E-state index contributed by atoms with van der Waals surface area (Å²) in [5, 5.41) is 5.20. The molecule has 1 aliphatic rings. The van der Waals surface area contributed by atoms with Gasteiger partial charge in [0.1, 0.15) is 5.75 Å². The number of hydrogen-bond acceptors (Lipinski definition) is 4. The fraction of sp³-hybridized carbons (Fsp3) is 0.190. The topological polar surface area (TPSA) is 63.9 Å². The molecule has 1 radical (unpaired) electrons. The van der Waals surface area contributed by atoms with Gasteiger partial charge in [-0.05, 0) is 67.3 Å². The van der Waals surface area contributed by atoms with E-state index in [9.17, 15) is 13.2 Å². The summed E-state index contributed by atoms with van der Waals surface area (Å²) < 4.78 is 46.5. The number of ether oxygens (including phenoxy) is 1. The average molecular weight is 398 g/mol. The molecule has 0 saturated carbocycles. The minimum Gasteiger partial charge on any atom is -0.406 e. The van der Waals surface area contributed by atoms with E-state index in [4.69, 9.17) is 4.52 Å². The minimum absolute atomic E-state index is 0.240. The van der Waals surface area contributed by atoms with E-state index in [-0.39, 0.29) is 11.6 Å². The lowest BCUT2D eigenvalue weighted by Crippen LogP contribution is -2.17. The van der Waals surface area contributed by atoms with E-state index >= 15 is 0 Å². The van der Waals surface area contributed by atoms with Gasteiger partial charge in [0.05, 0.1) is 0 Å². The maximum Gasteiger partial charge on any atom is 0.573 e. The first-order valence-corrected chi connectivity index (χ1v) is 9.06. The lowest BCUT2D eigenvalue weighted by Gasteiger charge is -2.10. The van der Waals surface area contributed by atoms with E-state index in [2.05, 4.69) is 26.3 Å². The maximum atomic E-state index is 12.4. The van der Waals surface area contributed by atoms with E-state index in [1.54, 1.807) is 6.92 Å². The van der Waals surface area contributed by atoms with Crippen LogP contribution in [0.1, 0.15) is 23.2 Å². The Morgan fingerprint density at radius 3 is 2.79 bits per heavy atom. The maximum absolute atomic E-state index is 12.4. The normalized spacial score (nSPS) is 13.8. The first-order valence-electron chi connectivity index (χ1n) is 9.06. The zero-order valence-corrected chi connectivity index (χ0v) is 15.3. The number of aryl methyl sites for hydroxylation is 2. The van der Waals surface area contributed by atoms with Crippen molar-refractivity contribution in [2.45, 2.75) is 26.1 Å². The van der Waals surface area contributed by atoms with Gasteiger partial charge < -0.3 is 14.2 Å². The predicted octanol–water partition coefficient (Wildman–Crippen LogP) is 5.59. The summed E-state index contributed by atoms with van der Waals surface area (Å²) in [7, 11) is 0. The Balaban J connectivity index is 1.47. The van der Waals surface area contributed by atoms with Crippen molar-refractivity contribution in [3.8, 4) is 28.6 Å². The monoisotopic (exact) mass is 398 g/mol. The van der Waals surface area contributed by atoms with Crippen LogP contribution in [-0.4, -0.2) is 21.5 Å². The summed E-state index contributed by atoms with van der Waals surface area (Å²) >= 11 is 0. The highest BCUT2D eigenvalue weighted by molar-refractivity contribution is 5.89. The molecule has 5 rings (SSSR count). The predicted molar refractivity (Wildman–Crippen MR) is 100 cm³/mol. The van der Waals surface area contributed by atoms with Crippen molar-refractivity contribution in [1.29, 1.82) is 0 Å². The zero-order chi connectivity index (χ0) is 20.2. The van der Waals surface area contributed by atoms with Crippen LogP contribution in [0, 0.1) is 13.3 Å². The van der Waals surface area contributed by atoms with E-state index in [1.807, 2.05) is 18.2 Å². The van der Waals surface area contributed by atoms with Gasteiger partial charge in [0.15, 0.2) is 0 Å². The molecule has 0 aliphatic heterocycles. The van der Waals surface area contributed by atoms with E-state index in [0.29, 0.717) is 17.0 Å². The van der Waals surface area contributed by atoms with Crippen LogP contribution in [0.5, 0.6) is 5.75 Å². The van der Waals surface area contributed by atoms with Crippen molar-refractivity contribution in [1.82, 2.24) is 15.1 Å². The number of hydrogen-bond donors (Lipinski definition) is 1. The van der Waals surface area contributed by atoms with E-state index < -0.39 is 6.36 Å². The lowest BCUT2D eigenvalue weighted by atomic mass is 10.1. The third kappa shape index (κ3) is 3.24. The number of alkyl halides is 3. The van der Waals surface area contributed by atoms with Gasteiger partial charge in [0.25, 0.3) is 5.89 Å². The Labute approximate surface area is 163 Å². The molecule has 147 valence electrons. The Hall–Kier alpha value is -3.29. The summed E-state index contributed by atoms with van der Waals surface area (Å²) in [6, 6.07) is 9.93. The Morgan fingerprint density at radius 1 is 1.14 bits per heavy atom. The minimum atomic E-state index is -4.74. The molecule has 0 saturated heterocycles. The molecular weight excluding hydrogens is 383 g/mol. The number of fused-ring (bicyclic) bond motifs is 3. The van der Waals surface area contributed by atoms with Crippen LogP contribution in [0.25, 0.3) is 33.7 Å². The summed E-state index contributed by atoms with van der Waals surface area (Å²) in [5.41, 5.74) is 5.43. The second kappa shape index (κ2) is 6.37. The number of H-pyrrole nitrogens is 1. The number of aromatic nitrogens is 3. The molecule has 2 aromatic carbocycles. The molecule has 8 heteroatoms. The van der Waals surface area contributed by atoms with Gasteiger partial charge in [-0.1, -0.05) is 5.16 Å². The third-order valence-corrected chi connectivity index (χ3v) is 5.03. The molecule has 1 aliphatic carbocycles. The second-order valence-electron chi connectivity index (χ2n) is 6.97. The van der Waals surface area contributed by atoms with Gasteiger partial charge in [-0.3, -0.25) is 0 Å². The van der Waals surface area contributed by atoms with Crippen LogP contribution in [-0.2, 0) is 6.42 Å². The lowest BCUT2D eigenvalue weighted by molar-refractivity contribution is -0.274. The number of nitrogens with one attached hydrogen (secondary N) is 1. The van der Waals surface area contributed by atoms with E-state index in [0.717, 1.165) is 29.3 Å². The van der Waals surface area contributed by atoms with Crippen LogP contribution in [0.4, 0.5) is 13.2 Å². The Morgan fingerprint density at radius 2 is 2.00 bits per heavy atom. The molecule has 0 amide bonds. The van der Waals surface area contributed by atoms with Crippen LogP contribution >= 0.6 is 0 Å². The summed E-state index contributed by atoms with van der Waals surface area (Å²) in [5.74, 6) is 0.375. The molecular formula is C21H15F3N3O2. The Kier molecular flexibility index (Phi) is 3.90. The fourth-order valence-electron chi connectivity index (χ4n) is 3.74. The van der Waals surface area contributed by atoms with Crippen LogP contribution in [0.2, 0.25) is 0 Å².